The van der Waals surface area contributed by atoms with E-state index in [1.54, 1.807) is 0 Å². The van der Waals surface area contributed by atoms with E-state index in [4.69, 9.17) is 0 Å². The number of hydrogen-bond donors (Lipinski definition) is 2. The first-order valence-electron chi connectivity index (χ1n) is 5.91. The molecule has 0 aliphatic heterocycles. The molecule has 1 aromatic carbocycles. The van der Waals surface area contributed by atoms with Gasteiger partial charge in [0, 0.05) is 5.56 Å². The van der Waals surface area contributed by atoms with E-state index < -0.39 is 33.9 Å². The predicted octanol–water partition coefficient (Wildman–Crippen LogP) is 2.42. The number of nitrogens with zero attached hydrogens (tertiary/aromatic N) is 2. The fourth-order valence-electron chi connectivity index (χ4n) is 2.12. The van der Waals surface area contributed by atoms with Gasteiger partial charge in [0.25, 0.3) is 5.69 Å². The second kappa shape index (κ2) is 4.90. The van der Waals surface area contributed by atoms with Crippen LogP contribution < -0.4 is 5.69 Å². The normalized spacial score (nSPS) is 11.7. The Balaban J connectivity index is 2.84. The van der Waals surface area contributed by atoms with Crippen LogP contribution in [0.15, 0.2) is 16.9 Å². The molecule has 0 amide bonds. The van der Waals surface area contributed by atoms with Gasteiger partial charge in [0.1, 0.15) is 5.56 Å². The minimum Gasteiger partial charge on any atom is -0.493 e. The molecule has 0 saturated heterocycles. The highest BCUT2D eigenvalue weighted by Crippen LogP contribution is 2.39. The Hall–Kier alpha value is -2.78. The summed E-state index contributed by atoms with van der Waals surface area (Å²) < 4.78 is 39.7. The monoisotopic (exact) mass is 317 g/mol. The number of aromatic nitrogens is 2. The van der Waals surface area contributed by atoms with Crippen LogP contribution in [-0.2, 0) is 6.18 Å². The molecule has 2 rings (SSSR count). The molecule has 1 aromatic heterocycles. The highest BCUT2D eigenvalue weighted by molar-refractivity contribution is 5.56. The molecular weight excluding hydrogens is 307 g/mol. The summed E-state index contributed by atoms with van der Waals surface area (Å²) >= 11 is 0. The number of halogens is 3. The molecule has 0 aliphatic carbocycles. The number of nitro benzene ring substituents is 1. The summed E-state index contributed by atoms with van der Waals surface area (Å²) in [5, 5.41) is 20.6. The van der Waals surface area contributed by atoms with Gasteiger partial charge in [-0.2, -0.15) is 13.2 Å². The number of imidazole rings is 1. The molecule has 2 N–H and O–H groups in total. The zero-order chi connectivity index (χ0) is 16.8. The Labute approximate surface area is 120 Å². The molecule has 10 heteroatoms. The summed E-state index contributed by atoms with van der Waals surface area (Å²) in [6, 6.07) is 1.49. The lowest BCUT2D eigenvalue weighted by Crippen LogP contribution is -2.17. The van der Waals surface area contributed by atoms with Gasteiger partial charge >= 0.3 is 11.9 Å². The van der Waals surface area contributed by atoms with E-state index >= 15 is 0 Å². The molecule has 0 fully saturated rings. The van der Waals surface area contributed by atoms with Crippen molar-refractivity contribution in [1.29, 1.82) is 0 Å². The van der Waals surface area contributed by atoms with Gasteiger partial charge in [-0.05, 0) is 26.0 Å². The van der Waals surface area contributed by atoms with Crippen LogP contribution in [-0.4, -0.2) is 19.6 Å². The summed E-state index contributed by atoms with van der Waals surface area (Å²) in [5.74, 6) is -0.564. The highest BCUT2D eigenvalue weighted by Gasteiger charge is 2.40. The third-order valence-electron chi connectivity index (χ3n) is 3.08. The van der Waals surface area contributed by atoms with E-state index in [0.29, 0.717) is 10.6 Å². The minimum atomic E-state index is -4.98. The zero-order valence-electron chi connectivity index (χ0n) is 11.4. The van der Waals surface area contributed by atoms with E-state index in [1.165, 1.54) is 6.92 Å². The van der Waals surface area contributed by atoms with Crippen LogP contribution in [0.3, 0.4) is 0 Å². The molecule has 7 nitrogen and oxygen atoms in total. The highest BCUT2D eigenvalue weighted by atomic mass is 19.4. The average molecular weight is 317 g/mol. The number of hydrogen-bond acceptors (Lipinski definition) is 4. The Kier molecular flexibility index (Phi) is 3.47. The first kappa shape index (κ1) is 15.6. The van der Waals surface area contributed by atoms with Crippen LogP contribution in [0.1, 0.15) is 16.8 Å². The lowest BCUT2D eigenvalue weighted by atomic mass is 10.1. The molecule has 118 valence electrons. The Morgan fingerprint density at radius 1 is 1.32 bits per heavy atom. The van der Waals surface area contributed by atoms with Gasteiger partial charge < -0.3 is 10.1 Å². The van der Waals surface area contributed by atoms with Crippen LogP contribution in [0, 0.1) is 24.0 Å². The third kappa shape index (κ3) is 2.43. The smallest absolute Gasteiger partial charge is 0.423 e. The van der Waals surface area contributed by atoms with Crippen molar-refractivity contribution in [2.24, 2.45) is 0 Å². The first-order chi connectivity index (χ1) is 10.0. The van der Waals surface area contributed by atoms with E-state index in [-0.39, 0.29) is 16.9 Å². The quantitative estimate of drug-likeness (QED) is 0.656. The average Bonchev–Trinajstić information content (AvgIpc) is 2.60. The molecule has 0 radical (unpaired) electrons. The van der Waals surface area contributed by atoms with Gasteiger partial charge in [-0.15, -0.1) is 0 Å². The summed E-state index contributed by atoms with van der Waals surface area (Å²) in [4.78, 5) is 23.6. The van der Waals surface area contributed by atoms with Crippen molar-refractivity contribution in [1.82, 2.24) is 9.55 Å². The second-order valence-electron chi connectivity index (χ2n) is 4.63. The molecule has 1 heterocycles. The number of nitrogens with one attached hydrogen (secondary N) is 1. The summed E-state index contributed by atoms with van der Waals surface area (Å²) in [6.45, 7) is 2.48. The second-order valence-corrected chi connectivity index (χ2v) is 4.63. The van der Waals surface area contributed by atoms with E-state index in [9.17, 15) is 33.2 Å². The fourth-order valence-corrected chi connectivity index (χ4v) is 2.12. The lowest BCUT2D eigenvalue weighted by molar-refractivity contribution is -0.388. The molecule has 22 heavy (non-hydrogen) atoms. The van der Waals surface area contributed by atoms with Crippen LogP contribution in [0.5, 0.6) is 5.88 Å². The third-order valence-corrected chi connectivity index (χ3v) is 3.08. The molecule has 0 spiro atoms. The zero-order valence-corrected chi connectivity index (χ0v) is 11.4. The maximum absolute atomic E-state index is 13.0. The standard InChI is InChI=1S/C12H10F3N3O4/c1-5-3-7(17-10(19)6(2)16-11(17)20)4-8(12(13,14)15)9(5)18(21)22/h3-4,19H,1-2H3,(H,16,20). The van der Waals surface area contributed by atoms with Crippen molar-refractivity contribution in [3.05, 3.63) is 49.6 Å². The van der Waals surface area contributed by atoms with Crippen molar-refractivity contribution in [3.8, 4) is 11.6 Å². The van der Waals surface area contributed by atoms with Crippen molar-refractivity contribution in [2.45, 2.75) is 20.0 Å². The van der Waals surface area contributed by atoms with Crippen molar-refractivity contribution >= 4 is 5.69 Å². The fraction of sp³-hybridized carbons (Fsp3) is 0.250. The SMILES string of the molecule is Cc1cc(-n2c(O)c(C)[nH]c2=O)cc(C(F)(F)F)c1[N+](=O)[O-]. The lowest BCUT2D eigenvalue weighted by Gasteiger charge is -2.12. The first-order valence-corrected chi connectivity index (χ1v) is 5.91. The predicted molar refractivity (Wildman–Crippen MR) is 69.2 cm³/mol. The molecule has 2 aromatic rings. The Bertz CT molecular complexity index is 820. The van der Waals surface area contributed by atoms with Gasteiger partial charge in [-0.1, -0.05) is 0 Å². The van der Waals surface area contributed by atoms with Crippen LogP contribution in [0.2, 0.25) is 0 Å². The molecular formula is C12H10F3N3O4. The van der Waals surface area contributed by atoms with Crippen LogP contribution >= 0.6 is 0 Å². The maximum Gasteiger partial charge on any atom is 0.423 e. The number of rotatable bonds is 2. The van der Waals surface area contributed by atoms with Crippen molar-refractivity contribution in [2.75, 3.05) is 0 Å². The van der Waals surface area contributed by atoms with E-state index in [1.807, 2.05) is 0 Å². The number of aromatic amines is 1. The molecule has 0 saturated carbocycles. The number of benzene rings is 1. The topological polar surface area (TPSA) is 101 Å². The number of nitro groups is 1. The molecule has 0 unspecified atom stereocenters. The van der Waals surface area contributed by atoms with Crippen LogP contribution in [0.4, 0.5) is 18.9 Å². The maximum atomic E-state index is 13.0. The van der Waals surface area contributed by atoms with Gasteiger partial charge in [-0.25, -0.2) is 9.36 Å². The molecule has 0 bridgehead atoms. The molecule has 0 atom stereocenters. The van der Waals surface area contributed by atoms with Gasteiger partial charge in [-0.3, -0.25) is 10.1 Å². The van der Waals surface area contributed by atoms with E-state index in [0.717, 1.165) is 13.0 Å². The minimum absolute atomic E-state index is 0.0644. The van der Waals surface area contributed by atoms with Crippen molar-refractivity contribution < 1.29 is 23.2 Å². The Morgan fingerprint density at radius 3 is 2.32 bits per heavy atom. The Morgan fingerprint density at radius 2 is 1.91 bits per heavy atom. The number of alkyl halides is 3. The van der Waals surface area contributed by atoms with Crippen molar-refractivity contribution in [3.63, 3.8) is 0 Å². The number of aromatic hydroxyl groups is 1. The van der Waals surface area contributed by atoms with E-state index in [2.05, 4.69) is 4.98 Å². The van der Waals surface area contributed by atoms with Crippen LogP contribution in [0.25, 0.3) is 5.69 Å². The summed E-state index contributed by atoms with van der Waals surface area (Å²) in [6.07, 6.45) is -4.98. The number of aryl methyl sites for hydroxylation is 2. The molecule has 0 aliphatic rings. The number of H-pyrrole nitrogens is 1. The summed E-state index contributed by atoms with van der Waals surface area (Å²) in [7, 11) is 0. The largest absolute Gasteiger partial charge is 0.493 e. The van der Waals surface area contributed by atoms with Gasteiger partial charge in [0.2, 0.25) is 5.88 Å². The van der Waals surface area contributed by atoms with Gasteiger partial charge in [0.15, 0.2) is 0 Å². The van der Waals surface area contributed by atoms with Gasteiger partial charge in [0.05, 0.1) is 16.3 Å². The summed E-state index contributed by atoms with van der Waals surface area (Å²) in [5.41, 5.74) is -3.96.